The van der Waals surface area contributed by atoms with E-state index in [1.54, 1.807) is 12.4 Å². The third kappa shape index (κ3) is 1.93. The predicted molar refractivity (Wildman–Crippen MR) is 70.3 cm³/mol. The summed E-state index contributed by atoms with van der Waals surface area (Å²) >= 11 is 0. The van der Waals surface area contributed by atoms with Crippen molar-refractivity contribution in [3.63, 3.8) is 0 Å². The zero-order valence-corrected chi connectivity index (χ0v) is 9.72. The lowest BCUT2D eigenvalue weighted by Gasteiger charge is -2.02. The minimum Gasteiger partial charge on any atom is -0.452 e. The van der Waals surface area contributed by atoms with Gasteiger partial charge < -0.3 is 4.42 Å². The molecule has 3 rings (SSSR count). The van der Waals surface area contributed by atoms with Crippen molar-refractivity contribution in [1.82, 2.24) is 0 Å². The number of furan rings is 1. The Hall–Kier alpha value is -2.35. The predicted octanol–water partition coefficient (Wildman–Crippen LogP) is 3.48. The highest BCUT2D eigenvalue weighted by molar-refractivity contribution is 5.87. The van der Waals surface area contributed by atoms with E-state index in [4.69, 9.17) is 4.42 Å². The molecule has 2 nitrogen and oxygen atoms in total. The Morgan fingerprint density at radius 1 is 1.00 bits per heavy atom. The first-order chi connectivity index (χ1) is 8.86. The Morgan fingerprint density at radius 2 is 1.83 bits per heavy atom. The molecule has 0 N–H and O–H groups in total. The van der Waals surface area contributed by atoms with Crippen LogP contribution in [0.15, 0.2) is 59.0 Å². The van der Waals surface area contributed by atoms with E-state index in [9.17, 15) is 4.79 Å². The van der Waals surface area contributed by atoms with Crippen LogP contribution in [0.5, 0.6) is 0 Å². The van der Waals surface area contributed by atoms with Crippen LogP contribution in [0.4, 0.5) is 0 Å². The molecule has 1 radical (unpaired) electrons. The fraction of sp³-hybridized carbons (Fsp3) is 0.0625. The third-order valence-corrected chi connectivity index (χ3v) is 2.99. The first kappa shape index (κ1) is 10.8. The minimum atomic E-state index is 0.255. The summed E-state index contributed by atoms with van der Waals surface area (Å²) in [6.45, 7) is 0. The average Bonchev–Trinajstić information content (AvgIpc) is 2.84. The second-order valence-corrected chi connectivity index (χ2v) is 4.20. The van der Waals surface area contributed by atoms with Crippen molar-refractivity contribution < 1.29 is 9.21 Å². The number of fused-ring (bicyclic) bond motifs is 1. The molecule has 0 unspecified atom stereocenters. The van der Waals surface area contributed by atoms with Crippen molar-refractivity contribution in [2.24, 2.45) is 0 Å². The smallest absolute Gasteiger partial charge is 0.271 e. The molecule has 0 aliphatic carbocycles. The highest BCUT2D eigenvalue weighted by Crippen LogP contribution is 2.24. The van der Waals surface area contributed by atoms with Gasteiger partial charge in [-0.3, -0.25) is 4.79 Å². The van der Waals surface area contributed by atoms with Crippen LogP contribution in [0.25, 0.3) is 11.0 Å². The normalized spacial score (nSPS) is 10.7. The highest BCUT2D eigenvalue weighted by atomic mass is 16.3. The van der Waals surface area contributed by atoms with Crippen molar-refractivity contribution in [3.05, 3.63) is 71.5 Å². The van der Waals surface area contributed by atoms with Crippen molar-refractivity contribution in [1.29, 1.82) is 0 Å². The summed E-state index contributed by atoms with van der Waals surface area (Å²) in [5.41, 5.74) is 3.13. The fourth-order valence-electron chi connectivity index (χ4n) is 2.14. The quantitative estimate of drug-likeness (QED) is 0.695. The summed E-state index contributed by atoms with van der Waals surface area (Å²) in [7, 11) is 0. The molecule has 0 aliphatic heterocycles. The van der Waals surface area contributed by atoms with E-state index < -0.39 is 0 Å². The SMILES string of the molecule is O=[C]c1cc2c(Cc3ccccc3)cccc2o1. The van der Waals surface area contributed by atoms with Gasteiger partial charge in [0.05, 0.1) is 0 Å². The maximum Gasteiger partial charge on any atom is 0.271 e. The molecule has 18 heavy (non-hydrogen) atoms. The number of hydrogen-bond acceptors (Lipinski definition) is 2. The summed E-state index contributed by atoms with van der Waals surface area (Å²) in [6, 6.07) is 17.8. The summed E-state index contributed by atoms with van der Waals surface area (Å²) in [6.07, 6.45) is 2.62. The Balaban J connectivity index is 2.06. The summed E-state index contributed by atoms with van der Waals surface area (Å²) in [4.78, 5) is 10.6. The van der Waals surface area contributed by atoms with Gasteiger partial charge in [0.15, 0.2) is 5.76 Å². The molecule has 2 heteroatoms. The van der Waals surface area contributed by atoms with Gasteiger partial charge >= 0.3 is 0 Å². The maximum absolute atomic E-state index is 10.6. The fourth-order valence-corrected chi connectivity index (χ4v) is 2.14. The van der Waals surface area contributed by atoms with Crippen molar-refractivity contribution in [2.45, 2.75) is 6.42 Å². The van der Waals surface area contributed by atoms with E-state index in [0.29, 0.717) is 0 Å². The molecule has 1 aromatic heterocycles. The summed E-state index contributed by atoms with van der Waals surface area (Å²) in [5, 5.41) is 0.986. The Labute approximate surface area is 105 Å². The molecule has 87 valence electrons. The van der Waals surface area contributed by atoms with E-state index in [2.05, 4.69) is 18.2 Å². The highest BCUT2D eigenvalue weighted by Gasteiger charge is 2.08. The van der Waals surface area contributed by atoms with Gasteiger partial charge in [0.2, 0.25) is 0 Å². The molecule has 0 atom stereocenters. The molecule has 2 aromatic carbocycles. The van der Waals surface area contributed by atoms with E-state index in [1.165, 1.54) is 5.56 Å². The largest absolute Gasteiger partial charge is 0.452 e. The van der Waals surface area contributed by atoms with Crippen molar-refractivity contribution in [3.8, 4) is 0 Å². The summed E-state index contributed by atoms with van der Waals surface area (Å²) < 4.78 is 5.37. The molecule has 3 aromatic rings. The van der Waals surface area contributed by atoms with Crippen LogP contribution in [0.2, 0.25) is 0 Å². The molecule has 0 bridgehead atoms. The lowest BCUT2D eigenvalue weighted by Crippen LogP contribution is -1.87. The number of carbonyl (C=O) groups excluding carboxylic acids is 1. The van der Waals surface area contributed by atoms with Gasteiger partial charge in [0.25, 0.3) is 6.29 Å². The van der Waals surface area contributed by atoms with Crippen LogP contribution in [0, 0.1) is 0 Å². The summed E-state index contributed by atoms with van der Waals surface area (Å²) in [5.74, 6) is 0.255. The van der Waals surface area contributed by atoms with Gasteiger partial charge in [-0.2, -0.15) is 0 Å². The van der Waals surface area contributed by atoms with E-state index in [-0.39, 0.29) is 5.76 Å². The van der Waals surface area contributed by atoms with Crippen LogP contribution in [0.1, 0.15) is 16.9 Å². The van der Waals surface area contributed by atoms with Gasteiger partial charge in [-0.25, -0.2) is 0 Å². The molecular formula is C16H11O2. The number of benzene rings is 2. The van der Waals surface area contributed by atoms with Crippen LogP contribution in [-0.2, 0) is 11.2 Å². The lowest BCUT2D eigenvalue weighted by atomic mass is 10.0. The average molecular weight is 235 g/mol. The van der Waals surface area contributed by atoms with Gasteiger partial charge in [0, 0.05) is 5.39 Å². The topological polar surface area (TPSA) is 30.2 Å². The first-order valence-electron chi connectivity index (χ1n) is 5.80. The molecule has 0 spiro atoms. The van der Waals surface area contributed by atoms with E-state index >= 15 is 0 Å². The second-order valence-electron chi connectivity index (χ2n) is 4.20. The second kappa shape index (κ2) is 4.49. The Kier molecular flexibility index (Phi) is 2.69. The van der Waals surface area contributed by atoms with Gasteiger partial charge in [-0.1, -0.05) is 42.5 Å². The molecule has 0 fully saturated rings. The van der Waals surface area contributed by atoms with Crippen LogP contribution >= 0.6 is 0 Å². The zero-order chi connectivity index (χ0) is 12.4. The van der Waals surface area contributed by atoms with Crippen molar-refractivity contribution >= 4 is 17.3 Å². The standard InChI is InChI=1S/C16H11O2/c17-11-14-10-15-13(7-4-8-16(15)18-14)9-12-5-2-1-3-6-12/h1-8,10H,9H2. The van der Waals surface area contributed by atoms with Gasteiger partial charge in [-0.15, -0.1) is 0 Å². The van der Waals surface area contributed by atoms with Crippen LogP contribution in [-0.4, -0.2) is 6.29 Å². The Morgan fingerprint density at radius 3 is 2.61 bits per heavy atom. The van der Waals surface area contributed by atoms with E-state index in [0.717, 1.165) is 23.0 Å². The first-order valence-corrected chi connectivity index (χ1v) is 5.80. The zero-order valence-electron chi connectivity index (χ0n) is 9.72. The van der Waals surface area contributed by atoms with Gasteiger partial charge in [-0.05, 0) is 29.7 Å². The van der Waals surface area contributed by atoms with E-state index in [1.807, 2.05) is 30.3 Å². The van der Waals surface area contributed by atoms with Gasteiger partial charge in [0.1, 0.15) is 5.58 Å². The molecule has 0 amide bonds. The van der Waals surface area contributed by atoms with Crippen LogP contribution in [0.3, 0.4) is 0 Å². The lowest BCUT2D eigenvalue weighted by molar-refractivity contribution is 0.535. The minimum absolute atomic E-state index is 0.255. The van der Waals surface area contributed by atoms with Crippen LogP contribution < -0.4 is 0 Å². The Bertz CT molecular complexity index is 681. The number of hydrogen-bond donors (Lipinski definition) is 0. The molecular weight excluding hydrogens is 224 g/mol. The third-order valence-electron chi connectivity index (χ3n) is 2.99. The monoisotopic (exact) mass is 235 g/mol. The molecule has 0 saturated heterocycles. The number of rotatable bonds is 3. The molecule has 0 saturated carbocycles. The van der Waals surface area contributed by atoms with Crippen molar-refractivity contribution in [2.75, 3.05) is 0 Å². The molecule has 1 heterocycles. The molecule has 0 aliphatic rings. The maximum atomic E-state index is 10.6.